The zero-order chi connectivity index (χ0) is 39.4. The highest BCUT2D eigenvalue weighted by Crippen LogP contribution is 2.36. The van der Waals surface area contributed by atoms with Gasteiger partial charge in [-0.2, -0.15) is 0 Å². The lowest BCUT2D eigenvalue weighted by Gasteiger charge is -2.22. The van der Waals surface area contributed by atoms with Crippen LogP contribution in [0.15, 0.2) is 58.8 Å². The Balaban J connectivity index is 0.000000280. The van der Waals surface area contributed by atoms with E-state index >= 15 is 0 Å². The van der Waals surface area contributed by atoms with Crippen LogP contribution in [0.5, 0.6) is 0 Å². The molecule has 0 saturated carbocycles. The number of azo groups is 2. The molecule has 0 N–H and O–H groups in total. The van der Waals surface area contributed by atoms with Gasteiger partial charge in [-0.05, 0) is 67.5 Å². The second-order valence-electron chi connectivity index (χ2n) is 13.7. The summed E-state index contributed by atoms with van der Waals surface area (Å²) >= 11 is 0. The fourth-order valence-electron chi connectivity index (χ4n) is 5.46. The molecule has 2 atom stereocenters. The Kier molecular flexibility index (Phi) is 11.8. The average Bonchev–Trinajstić information content (AvgIpc) is 3.36. The number of anilines is 2. The van der Waals surface area contributed by atoms with Crippen molar-refractivity contribution in [2.75, 3.05) is 10.1 Å². The zero-order valence-corrected chi connectivity index (χ0v) is 30.6. The molecule has 0 spiro atoms. The normalized spacial score (nSPS) is 20.9. The summed E-state index contributed by atoms with van der Waals surface area (Å²) in [7, 11) is 0. The highest BCUT2D eigenvalue weighted by atomic mass is 16.7. The molecule has 18 heteroatoms. The molecule has 2 aliphatic heterocycles. The predicted octanol–water partition coefficient (Wildman–Crippen LogP) is 5.07. The molecule has 2 heterocycles. The first-order chi connectivity index (χ1) is 23.9. The topological polar surface area (TPSA) is 223 Å². The van der Waals surface area contributed by atoms with E-state index in [0.29, 0.717) is 9.72 Å². The molecule has 0 fully saturated rings. The van der Waals surface area contributed by atoms with Crippen LogP contribution in [0.2, 0.25) is 0 Å². The highest BCUT2D eigenvalue weighted by Gasteiger charge is 2.52. The van der Waals surface area contributed by atoms with E-state index in [2.05, 4.69) is 10.2 Å². The summed E-state index contributed by atoms with van der Waals surface area (Å²) in [6.45, 7) is 14.9. The van der Waals surface area contributed by atoms with E-state index in [4.69, 9.17) is 19.1 Å². The van der Waals surface area contributed by atoms with E-state index in [0.717, 1.165) is 10.1 Å². The number of rotatable bonds is 6. The summed E-state index contributed by atoms with van der Waals surface area (Å²) in [5.74, 6) is -3.65. The van der Waals surface area contributed by atoms with Gasteiger partial charge in [-0.15, -0.1) is 10.1 Å². The monoisotopic (exact) mass is 726 g/mol. The Morgan fingerprint density at radius 2 is 1.02 bits per heavy atom. The summed E-state index contributed by atoms with van der Waals surface area (Å²) in [5.41, 5.74) is -3.06. The maximum absolute atomic E-state index is 12.4. The number of hydrogen-bond donors (Lipinski definition) is 0. The number of esters is 2. The zero-order valence-electron chi connectivity index (χ0n) is 30.6. The van der Waals surface area contributed by atoms with E-state index in [9.17, 15) is 39.2 Å². The number of hydroxylamine groups is 4. The average molecular weight is 727 g/mol. The third kappa shape index (κ3) is 10.1. The third-order valence-corrected chi connectivity index (χ3v) is 7.42. The number of hydrogen-bond acceptors (Lipinski definition) is 14. The molecule has 2 unspecified atom stereocenters. The third-order valence-electron chi connectivity index (χ3n) is 7.42. The first-order valence-electron chi connectivity index (χ1n) is 15.9. The molecular weight excluding hydrogens is 684 g/mol. The first kappa shape index (κ1) is 40.5. The van der Waals surface area contributed by atoms with Crippen LogP contribution in [0.1, 0.15) is 103 Å². The number of carbonyl (C=O) groups is 6. The molecule has 0 bridgehead atoms. The lowest BCUT2D eigenvalue weighted by Crippen LogP contribution is -2.39. The largest absolute Gasteiger partial charge is 0.599 e. The molecule has 0 radical (unpaired) electrons. The van der Waals surface area contributed by atoms with Crippen molar-refractivity contribution in [1.82, 2.24) is 0 Å². The number of benzene rings is 2. The van der Waals surface area contributed by atoms with Gasteiger partial charge >= 0.3 is 29.6 Å². The van der Waals surface area contributed by atoms with Crippen LogP contribution in [-0.4, -0.2) is 67.9 Å². The number of amides is 2. The van der Waals surface area contributed by atoms with Crippen molar-refractivity contribution >= 4 is 47.1 Å². The molecule has 2 aromatic rings. The number of nitrogens with zero attached hydrogens (tertiary/aromatic N) is 6. The molecule has 0 saturated heterocycles. The van der Waals surface area contributed by atoms with Crippen molar-refractivity contribution in [2.45, 2.75) is 105 Å². The van der Waals surface area contributed by atoms with Gasteiger partial charge in [0.25, 0.3) is 17.5 Å². The van der Waals surface area contributed by atoms with Crippen molar-refractivity contribution in [3.8, 4) is 0 Å². The SMILES string of the molecule is CC(=O)ON(C(C)=O)c1ccc(C(=O)OC2(C)CC(C)(C)N=[N+]2[O-])cc1.CC(=O)ON(C(C)=O)c1ccc(C(=O)OC2(C)CC(C)(C)[N+]([O-])=N2)cc1. The molecule has 18 nitrogen and oxygen atoms in total. The van der Waals surface area contributed by atoms with Gasteiger partial charge in [0.2, 0.25) is 0 Å². The minimum absolute atomic E-state index is 0.180. The smallest absolute Gasteiger partial charge is 0.343 e. The molecule has 52 heavy (non-hydrogen) atoms. The predicted molar refractivity (Wildman–Crippen MR) is 180 cm³/mol. The summed E-state index contributed by atoms with van der Waals surface area (Å²) < 4.78 is 10.8. The standard InChI is InChI=1S/2C17H21N3O6/c1-11(21)19(26-12(2)22)14-8-6-13(7-9-14)15(23)25-17(5)10-16(3,4)20(24)18-17;1-11(21)19(26-12(2)22)14-8-6-13(7-9-14)15(23)25-17(5)10-16(3,4)18-20(17)24/h2*6-9H,10H2,1-5H3. The minimum Gasteiger partial charge on any atom is -0.599 e. The van der Waals surface area contributed by atoms with E-state index in [1.165, 1.54) is 83.1 Å². The number of ether oxygens (including phenoxy) is 2. The summed E-state index contributed by atoms with van der Waals surface area (Å²) in [6, 6.07) is 11.4. The molecule has 2 aromatic carbocycles. The van der Waals surface area contributed by atoms with Gasteiger partial charge in [-0.3, -0.25) is 9.59 Å². The van der Waals surface area contributed by atoms with Crippen LogP contribution < -0.4 is 10.1 Å². The van der Waals surface area contributed by atoms with Crippen molar-refractivity contribution in [2.24, 2.45) is 10.2 Å². The fourth-order valence-corrected chi connectivity index (χ4v) is 5.46. The van der Waals surface area contributed by atoms with Crippen LogP contribution in [0.25, 0.3) is 0 Å². The van der Waals surface area contributed by atoms with Crippen molar-refractivity contribution in [3.63, 3.8) is 0 Å². The minimum atomic E-state index is -1.39. The van der Waals surface area contributed by atoms with Crippen LogP contribution in [-0.2, 0) is 38.3 Å². The van der Waals surface area contributed by atoms with E-state index in [1.807, 2.05) is 0 Å². The molecule has 0 aliphatic carbocycles. The molecule has 280 valence electrons. The maximum atomic E-state index is 12.4. The van der Waals surface area contributed by atoms with E-state index in [-0.39, 0.29) is 35.3 Å². The van der Waals surface area contributed by atoms with E-state index in [1.54, 1.807) is 34.6 Å². The lowest BCUT2D eigenvalue weighted by molar-refractivity contribution is -0.637. The van der Waals surface area contributed by atoms with Crippen LogP contribution in [0.3, 0.4) is 0 Å². The summed E-state index contributed by atoms with van der Waals surface area (Å²) in [5, 5.41) is 33.2. The quantitative estimate of drug-likeness (QED) is 0.165. The van der Waals surface area contributed by atoms with Crippen molar-refractivity contribution < 1.29 is 57.6 Å². The Morgan fingerprint density at radius 3 is 1.33 bits per heavy atom. The molecule has 2 amide bonds. The fraction of sp³-hybridized carbons (Fsp3) is 0.471. The van der Waals surface area contributed by atoms with Gasteiger partial charge in [0, 0.05) is 60.5 Å². The first-order valence-corrected chi connectivity index (χ1v) is 15.9. The molecule has 2 aliphatic rings. The maximum Gasteiger partial charge on any atom is 0.343 e. The second-order valence-corrected chi connectivity index (χ2v) is 13.7. The Morgan fingerprint density at radius 1 is 0.615 bits per heavy atom. The van der Waals surface area contributed by atoms with Gasteiger partial charge in [0.1, 0.15) is 5.54 Å². The van der Waals surface area contributed by atoms with Crippen molar-refractivity contribution in [1.29, 1.82) is 0 Å². The Labute approximate surface area is 299 Å². The summed E-state index contributed by atoms with van der Waals surface area (Å²) in [4.78, 5) is 80.6. The van der Waals surface area contributed by atoms with Gasteiger partial charge in [-0.1, -0.05) is 9.72 Å². The van der Waals surface area contributed by atoms with Crippen LogP contribution in [0.4, 0.5) is 11.4 Å². The number of carbonyl (C=O) groups excluding carboxylic acids is 6. The molecular formula is C34H42N6O12. The van der Waals surface area contributed by atoms with Gasteiger partial charge < -0.3 is 29.6 Å². The summed E-state index contributed by atoms with van der Waals surface area (Å²) in [6.07, 6.45) is 0.524. The Hall–Kier alpha value is -5.94. The van der Waals surface area contributed by atoms with Crippen LogP contribution in [0, 0.1) is 10.4 Å². The van der Waals surface area contributed by atoms with E-state index < -0.39 is 58.2 Å². The van der Waals surface area contributed by atoms with Gasteiger partial charge in [0.05, 0.1) is 35.3 Å². The Bertz CT molecular complexity index is 1810. The van der Waals surface area contributed by atoms with Crippen molar-refractivity contribution in [3.05, 3.63) is 70.1 Å². The molecule has 0 aromatic heterocycles. The van der Waals surface area contributed by atoms with Crippen LogP contribution >= 0.6 is 0 Å². The van der Waals surface area contributed by atoms with Gasteiger partial charge in [-0.25, -0.2) is 19.2 Å². The van der Waals surface area contributed by atoms with Gasteiger partial charge in [0.15, 0.2) is 5.54 Å². The second kappa shape index (κ2) is 15.1. The highest BCUT2D eigenvalue weighted by molar-refractivity contribution is 5.94. The molecule has 4 rings (SSSR count). The lowest BCUT2D eigenvalue weighted by atomic mass is 9.97.